The summed E-state index contributed by atoms with van der Waals surface area (Å²) in [6.07, 6.45) is 18.4. The van der Waals surface area contributed by atoms with Gasteiger partial charge in [0.05, 0.1) is 12.7 Å². The minimum atomic E-state index is -0.957. The number of allylic oxidation sites excluding steroid dienone is 2. The molecule has 4 unspecified atom stereocenters. The maximum absolute atomic E-state index is 12.1. The number of carbonyl (C=O) groups excluding carboxylic acids is 1. The minimum Gasteiger partial charge on any atom is -0.383 e. The molecule has 0 saturated heterocycles. The molecule has 1 heterocycles. The molecular weight excluding hydrogens is 386 g/mol. The van der Waals surface area contributed by atoms with Crippen molar-refractivity contribution in [3.05, 3.63) is 36.2 Å². The molecule has 0 spiro atoms. The van der Waals surface area contributed by atoms with E-state index >= 15 is 0 Å². The zero-order valence-corrected chi connectivity index (χ0v) is 18.5. The van der Waals surface area contributed by atoms with Gasteiger partial charge in [0.25, 0.3) is 0 Å². The fourth-order valence-electron chi connectivity index (χ4n) is 7.74. The van der Waals surface area contributed by atoms with Crippen molar-refractivity contribution in [3.8, 4) is 12.3 Å². The highest BCUT2D eigenvalue weighted by Crippen LogP contribution is 2.68. The summed E-state index contributed by atoms with van der Waals surface area (Å²) < 4.78 is 1.76. The standard InChI is InChI=1S/C26H33N3O2/c1-4-6-13-29-16-23(27-28-29)26(31)12-10-22-24-17(5-2)14-18-15-19(30)7-8-20(18)21(24)9-11-25(22,26)3/h1,5,15-17,20-22,24,31H,2,6-14H2,3H3/t17-,20?,21?,22?,24?,25+,26-/m1/s1. The topological polar surface area (TPSA) is 68.0 Å². The summed E-state index contributed by atoms with van der Waals surface area (Å²) in [5, 5.41) is 20.7. The van der Waals surface area contributed by atoms with E-state index in [1.807, 2.05) is 12.3 Å². The summed E-state index contributed by atoms with van der Waals surface area (Å²) in [4.78, 5) is 12.1. The fourth-order valence-corrected chi connectivity index (χ4v) is 7.74. The molecule has 5 rings (SSSR count). The molecule has 164 valence electrons. The van der Waals surface area contributed by atoms with Crippen LogP contribution in [0.1, 0.15) is 64.0 Å². The Balaban J connectivity index is 1.47. The average molecular weight is 420 g/mol. The summed E-state index contributed by atoms with van der Waals surface area (Å²) >= 11 is 0. The van der Waals surface area contributed by atoms with Crippen molar-refractivity contribution < 1.29 is 9.90 Å². The Morgan fingerprint density at radius 1 is 1.39 bits per heavy atom. The second-order valence-corrected chi connectivity index (χ2v) is 10.5. The first-order valence-electron chi connectivity index (χ1n) is 11.8. The predicted octanol–water partition coefficient (Wildman–Crippen LogP) is 4.04. The third-order valence-corrected chi connectivity index (χ3v) is 9.29. The number of ketones is 1. The number of rotatable bonds is 4. The largest absolute Gasteiger partial charge is 0.383 e. The van der Waals surface area contributed by atoms with Crippen LogP contribution in [0, 0.1) is 47.3 Å². The minimum absolute atomic E-state index is 0.228. The van der Waals surface area contributed by atoms with Gasteiger partial charge in [-0.15, -0.1) is 24.0 Å². The van der Waals surface area contributed by atoms with Gasteiger partial charge in [-0.25, -0.2) is 0 Å². The molecule has 5 heteroatoms. The van der Waals surface area contributed by atoms with Gasteiger partial charge in [0.1, 0.15) is 11.3 Å². The van der Waals surface area contributed by atoms with E-state index in [0.717, 1.165) is 38.5 Å². The van der Waals surface area contributed by atoms with Gasteiger partial charge in [-0.1, -0.05) is 23.8 Å². The van der Waals surface area contributed by atoms with Crippen LogP contribution in [0.15, 0.2) is 30.5 Å². The quantitative estimate of drug-likeness (QED) is 0.591. The smallest absolute Gasteiger partial charge is 0.155 e. The van der Waals surface area contributed by atoms with E-state index in [4.69, 9.17) is 6.42 Å². The molecule has 1 aromatic rings. The van der Waals surface area contributed by atoms with Crippen molar-refractivity contribution in [2.24, 2.45) is 35.0 Å². The molecule has 0 aliphatic heterocycles. The number of hydrogen-bond donors (Lipinski definition) is 1. The normalized spacial score (nSPS) is 41.5. The molecule has 3 saturated carbocycles. The van der Waals surface area contributed by atoms with E-state index in [0.29, 0.717) is 54.7 Å². The van der Waals surface area contributed by atoms with Crippen LogP contribution in [-0.2, 0) is 16.9 Å². The summed E-state index contributed by atoms with van der Waals surface area (Å²) in [5.74, 6) is 5.35. The van der Waals surface area contributed by atoms with E-state index in [2.05, 4.69) is 35.8 Å². The van der Waals surface area contributed by atoms with Crippen molar-refractivity contribution >= 4 is 5.78 Å². The maximum Gasteiger partial charge on any atom is 0.155 e. The lowest BCUT2D eigenvalue weighted by atomic mass is 9.48. The molecule has 7 atom stereocenters. The molecule has 4 aliphatic carbocycles. The molecule has 3 fully saturated rings. The highest BCUT2D eigenvalue weighted by atomic mass is 16.3. The van der Waals surface area contributed by atoms with Crippen LogP contribution in [0.2, 0.25) is 0 Å². The Morgan fingerprint density at radius 2 is 2.23 bits per heavy atom. The highest BCUT2D eigenvalue weighted by Gasteiger charge is 2.65. The molecule has 0 aromatic carbocycles. The lowest BCUT2D eigenvalue weighted by Gasteiger charge is -2.57. The Bertz CT molecular complexity index is 972. The summed E-state index contributed by atoms with van der Waals surface area (Å²) in [5.41, 5.74) is 0.869. The van der Waals surface area contributed by atoms with Crippen molar-refractivity contribution in [3.63, 3.8) is 0 Å². The Morgan fingerprint density at radius 3 is 3.00 bits per heavy atom. The number of aryl methyl sites for hydroxylation is 1. The van der Waals surface area contributed by atoms with Crippen molar-refractivity contribution in [2.45, 2.75) is 70.4 Å². The van der Waals surface area contributed by atoms with Crippen LogP contribution in [0.25, 0.3) is 0 Å². The van der Waals surface area contributed by atoms with E-state index in [1.54, 1.807) is 4.68 Å². The van der Waals surface area contributed by atoms with Crippen molar-refractivity contribution in [1.29, 1.82) is 0 Å². The molecule has 0 amide bonds. The van der Waals surface area contributed by atoms with Gasteiger partial charge in [-0.05, 0) is 74.2 Å². The molecule has 1 N–H and O–H groups in total. The number of aliphatic hydroxyl groups is 1. The Labute approximate surface area is 185 Å². The van der Waals surface area contributed by atoms with E-state index in [-0.39, 0.29) is 11.2 Å². The van der Waals surface area contributed by atoms with Gasteiger partial charge < -0.3 is 5.11 Å². The van der Waals surface area contributed by atoms with Crippen molar-refractivity contribution in [2.75, 3.05) is 0 Å². The fraction of sp³-hybridized carbons (Fsp3) is 0.654. The number of terminal acetylenes is 1. The Hall–Kier alpha value is -2.19. The predicted molar refractivity (Wildman–Crippen MR) is 119 cm³/mol. The molecule has 1 aromatic heterocycles. The first-order chi connectivity index (χ1) is 14.9. The number of fused-ring (bicyclic) bond motifs is 5. The van der Waals surface area contributed by atoms with Gasteiger partial charge in [0.2, 0.25) is 0 Å². The number of carbonyl (C=O) groups is 1. The van der Waals surface area contributed by atoms with Crippen LogP contribution in [-0.4, -0.2) is 25.9 Å². The van der Waals surface area contributed by atoms with Crippen LogP contribution in [0.4, 0.5) is 0 Å². The van der Waals surface area contributed by atoms with Crippen molar-refractivity contribution in [1.82, 2.24) is 15.0 Å². The van der Waals surface area contributed by atoms with Gasteiger partial charge >= 0.3 is 0 Å². The third-order valence-electron chi connectivity index (χ3n) is 9.29. The van der Waals surface area contributed by atoms with Gasteiger partial charge in [0.15, 0.2) is 5.78 Å². The number of nitrogens with zero attached hydrogens (tertiary/aromatic N) is 3. The van der Waals surface area contributed by atoms with Gasteiger partial charge in [0, 0.05) is 18.3 Å². The van der Waals surface area contributed by atoms with Crippen LogP contribution in [0.5, 0.6) is 0 Å². The lowest BCUT2D eigenvalue weighted by molar-refractivity contribution is -0.132. The van der Waals surface area contributed by atoms with E-state index in [9.17, 15) is 9.90 Å². The van der Waals surface area contributed by atoms with Crippen LogP contribution >= 0.6 is 0 Å². The Kier molecular flexibility index (Phi) is 4.97. The zero-order chi connectivity index (χ0) is 21.8. The zero-order valence-electron chi connectivity index (χ0n) is 18.5. The third kappa shape index (κ3) is 2.98. The van der Waals surface area contributed by atoms with Gasteiger partial charge in [-0.2, -0.15) is 0 Å². The average Bonchev–Trinajstić information content (AvgIpc) is 3.35. The van der Waals surface area contributed by atoms with E-state index < -0.39 is 5.60 Å². The first-order valence-corrected chi connectivity index (χ1v) is 11.8. The first kappa shape index (κ1) is 20.7. The summed E-state index contributed by atoms with van der Waals surface area (Å²) in [6, 6.07) is 0. The van der Waals surface area contributed by atoms with Gasteiger partial charge in [-0.3, -0.25) is 9.48 Å². The molecule has 4 aliphatic rings. The second kappa shape index (κ2) is 7.45. The number of aromatic nitrogens is 3. The van der Waals surface area contributed by atoms with E-state index in [1.165, 1.54) is 5.57 Å². The molecule has 0 radical (unpaired) electrons. The summed E-state index contributed by atoms with van der Waals surface area (Å²) in [7, 11) is 0. The SMILES string of the molecule is C#CCCn1cc([C@]2(O)CCC3C4C(CC[C@@]32C)C2CCC(=O)C=C2C[C@H]4C=C)nn1. The monoisotopic (exact) mass is 419 g/mol. The highest BCUT2D eigenvalue weighted by molar-refractivity contribution is 5.91. The maximum atomic E-state index is 12.1. The molecule has 0 bridgehead atoms. The summed E-state index contributed by atoms with van der Waals surface area (Å²) in [6.45, 7) is 7.08. The lowest BCUT2D eigenvalue weighted by Crippen LogP contribution is -2.53. The van der Waals surface area contributed by atoms with Crippen LogP contribution in [0.3, 0.4) is 0 Å². The molecule has 31 heavy (non-hydrogen) atoms. The second-order valence-electron chi connectivity index (χ2n) is 10.5. The number of hydrogen-bond acceptors (Lipinski definition) is 4. The molecular formula is C26H33N3O2. The molecule has 5 nitrogen and oxygen atoms in total. The van der Waals surface area contributed by atoms with Crippen LogP contribution < -0.4 is 0 Å².